The minimum Gasteiger partial charge on any atom is -0.295 e. The third kappa shape index (κ3) is 3.97. The minimum absolute atomic E-state index is 0.738. The number of hydrogen-bond donors (Lipinski definition) is 0. The van der Waals surface area contributed by atoms with Crippen molar-refractivity contribution in [2.24, 2.45) is 0 Å². The molecule has 1 fully saturated rings. The van der Waals surface area contributed by atoms with Gasteiger partial charge >= 0.3 is 0 Å². The molecule has 0 N–H and O–H groups in total. The van der Waals surface area contributed by atoms with Gasteiger partial charge in [-0.2, -0.15) is 0 Å². The fourth-order valence-corrected chi connectivity index (χ4v) is 3.46. The standard InChI is InChI=1S/C17H26ClN/c1-14-7-6-8-15(2)17(14)13-19(12-11-18)16-9-4-3-5-10-16/h6-8,16H,3-5,9-13H2,1-2H3. The van der Waals surface area contributed by atoms with E-state index >= 15 is 0 Å². The van der Waals surface area contributed by atoms with E-state index in [1.807, 2.05) is 0 Å². The Hall–Kier alpha value is -0.530. The molecule has 106 valence electrons. The van der Waals surface area contributed by atoms with Crippen molar-refractivity contribution >= 4 is 11.6 Å². The first-order valence-electron chi connectivity index (χ1n) is 7.57. The van der Waals surface area contributed by atoms with Crippen LogP contribution in [0, 0.1) is 13.8 Å². The molecule has 0 bridgehead atoms. The van der Waals surface area contributed by atoms with Crippen molar-refractivity contribution in [3.05, 3.63) is 34.9 Å². The quantitative estimate of drug-likeness (QED) is 0.708. The van der Waals surface area contributed by atoms with E-state index in [0.717, 1.165) is 25.0 Å². The zero-order chi connectivity index (χ0) is 13.7. The van der Waals surface area contributed by atoms with Gasteiger partial charge in [0, 0.05) is 25.0 Å². The van der Waals surface area contributed by atoms with Crippen molar-refractivity contribution in [2.45, 2.75) is 58.5 Å². The fourth-order valence-electron chi connectivity index (χ4n) is 3.25. The highest BCUT2D eigenvalue weighted by molar-refractivity contribution is 6.18. The Balaban J connectivity index is 2.11. The van der Waals surface area contributed by atoms with Crippen LogP contribution < -0.4 is 0 Å². The molecule has 1 aliphatic rings. The lowest BCUT2D eigenvalue weighted by Crippen LogP contribution is -2.38. The molecule has 0 radical (unpaired) electrons. The summed E-state index contributed by atoms with van der Waals surface area (Å²) in [5.74, 6) is 0.738. The molecular weight excluding hydrogens is 254 g/mol. The highest BCUT2D eigenvalue weighted by Gasteiger charge is 2.21. The Labute approximate surface area is 123 Å². The van der Waals surface area contributed by atoms with Gasteiger partial charge in [0.1, 0.15) is 0 Å². The molecule has 0 aliphatic heterocycles. The van der Waals surface area contributed by atoms with Gasteiger partial charge in [0.2, 0.25) is 0 Å². The van der Waals surface area contributed by atoms with Crippen LogP contribution in [0.2, 0.25) is 0 Å². The average molecular weight is 280 g/mol. The van der Waals surface area contributed by atoms with Crippen LogP contribution in [-0.2, 0) is 6.54 Å². The van der Waals surface area contributed by atoms with E-state index in [0.29, 0.717) is 0 Å². The zero-order valence-electron chi connectivity index (χ0n) is 12.3. The molecule has 0 spiro atoms. The maximum atomic E-state index is 6.02. The number of rotatable bonds is 5. The summed E-state index contributed by atoms with van der Waals surface area (Å²) in [6.45, 7) is 6.53. The molecule has 0 atom stereocenters. The van der Waals surface area contributed by atoms with E-state index in [9.17, 15) is 0 Å². The molecule has 0 saturated heterocycles. The summed E-state index contributed by atoms with van der Waals surface area (Å²) in [4.78, 5) is 2.61. The number of nitrogens with zero attached hydrogens (tertiary/aromatic N) is 1. The first-order chi connectivity index (χ1) is 9.22. The maximum Gasteiger partial charge on any atom is 0.0351 e. The summed E-state index contributed by atoms with van der Waals surface area (Å²) in [5, 5.41) is 0. The van der Waals surface area contributed by atoms with Crippen LogP contribution in [0.15, 0.2) is 18.2 Å². The molecule has 0 aromatic heterocycles. The largest absolute Gasteiger partial charge is 0.295 e. The SMILES string of the molecule is Cc1cccc(C)c1CN(CCCl)C1CCCCC1. The monoisotopic (exact) mass is 279 g/mol. The van der Waals surface area contributed by atoms with Crippen LogP contribution in [-0.4, -0.2) is 23.4 Å². The van der Waals surface area contributed by atoms with Crippen LogP contribution >= 0.6 is 11.6 Å². The summed E-state index contributed by atoms with van der Waals surface area (Å²) in [7, 11) is 0. The number of hydrogen-bond acceptors (Lipinski definition) is 1. The number of alkyl halides is 1. The molecule has 0 unspecified atom stereocenters. The molecule has 19 heavy (non-hydrogen) atoms. The predicted molar refractivity (Wildman–Crippen MR) is 83.9 cm³/mol. The Kier molecular flexibility index (Phi) is 5.72. The van der Waals surface area contributed by atoms with Gasteiger partial charge in [-0.15, -0.1) is 11.6 Å². The van der Waals surface area contributed by atoms with Gasteiger partial charge in [-0.3, -0.25) is 4.90 Å². The van der Waals surface area contributed by atoms with Crippen LogP contribution in [0.4, 0.5) is 0 Å². The molecule has 1 nitrogen and oxygen atoms in total. The Morgan fingerprint density at radius 2 is 1.74 bits per heavy atom. The second-order valence-electron chi connectivity index (χ2n) is 5.82. The third-order valence-corrected chi connectivity index (χ3v) is 4.64. The lowest BCUT2D eigenvalue weighted by Gasteiger charge is -2.34. The molecule has 1 aliphatic carbocycles. The van der Waals surface area contributed by atoms with Crippen molar-refractivity contribution in [2.75, 3.05) is 12.4 Å². The summed E-state index contributed by atoms with van der Waals surface area (Å²) in [5.41, 5.74) is 4.32. The first kappa shape index (κ1) is 14.9. The lowest BCUT2D eigenvalue weighted by molar-refractivity contribution is 0.156. The van der Waals surface area contributed by atoms with Crippen molar-refractivity contribution in [1.29, 1.82) is 0 Å². The maximum absolute atomic E-state index is 6.02. The summed E-state index contributed by atoms with van der Waals surface area (Å²) in [6.07, 6.45) is 6.88. The van der Waals surface area contributed by atoms with E-state index in [1.165, 1.54) is 48.8 Å². The Morgan fingerprint density at radius 3 is 2.32 bits per heavy atom. The fraction of sp³-hybridized carbons (Fsp3) is 0.647. The van der Waals surface area contributed by atoms with Gasteiger partial charge in [0.25, 0.3) is 0 Å². The Morgan fingerprint density at radius 1 is 1.11 bits per heavy atom. The molecule has 0 heterocycles. The molecular formula is C17H26ClN. The normalized spacial score (nSPS) is 17.1. The van der Waals surface area contributed by atoms with Crippen molar-refractivity contribution in [1.82, 2.24) is 4.90 Å². The van der Waals surface area contributed by atoms with E-state index < -0.39 is 0 Å². The van der Waals surface area contributed by atoms with Crippen molar-refractivity contribution < 1.29 is 0 Å². The van der Waals surface area contributed by atoms with Crippen molar-refractivity contribution in [3.63, 3.8) is 0 Å². The van der Waals surface area contributed by atoms with Gasteiger partial charge in [0.15, 0.2) is 0 Å². The predicted octanol–water partition coefficient (Wildman–Crippen LogP) is 4.68. The number of halogens is 1. The molecule has 1 saturated carbocycles. The van der Waals surface area contributed by atoms with Gasteiger partial charge in [-0.25, -0.2) is 0 Å². The van der Waals surface area contributed by atoms with Gasteiger partial charge in [-0.05, 0) is 43.4 Å². The smallest absolute Gasteiger partial charge is 0.0351 e. The minimum atomic E-state index is 0.738. The van der Waals surface area contributed by atoms with Crippen LogP contribution in [0.3, 0.4) is 0 Å². The second-order valence-corrected chi connectivity index (χ2v) is 6.20. The lowest BCUT2D eigenvalue weighted by atomic mass is 9.93. The van der Waals surface area contributed by atoms with E-state index in [-0.39, 0.29) is 0 Å². The highest BCUT2D eigenvalue weighted by atomic mass is 35.5. The molecule has 2 heteroatoms. The molecule has 0 amide bonds. The van der Waals surface area contributed by atoms with E-state index in [4.69, 9.17) is 11.6 Å². The van der Waals surface area contributed by atoms with Crippen molar-refractivity contribution in [3.8, 4) is 0 Å². The zero-order valence-corrected chi connectivity index (χ0v) is 13.0. The van der Waals surface area contributed by atoms with Gasteiger partial charge in [-0.1, -0.05) is 37.5 Å². The second kappa shape index (κ2) is 7.31. The van der Waals surface area contributed by atoms with Crippen LogP contribution in [0.1, 0.15) is 48.8 Å². The van der Waals surface area contributed by atoms with Gasteiger partial charge < -0.3 is 0 Å². The molecule has 1 aromatic rings. The summed E-state index contributed by atoms with van der Waals surface area (Å²) in [6, 6.07) is 7.34. The van der Waals surface area contributed by atoms with Crippen LogP contribution in [0.25, 0.3) is 0 Å². The highest BCUT2D eigenvalue weighted by Crippen LogP contribution is 2.25. The number of benzene rings is 1. The molecule has 2 rings (SSSR count). The summed E-state index contributed by atoms with van der Waals surface area (Å²) < 4.78 is 0. The van der Waals surface area contributed by atoms with Gasteiger partial charge in [0.05, 0.1) is 0 Å². The Bertz CT molecular complexity index is 376. The summed E-state index contributed by atoms with van der Waals surface area (Å²) >= 11 is 6.02. The van der Waals surface area contributed by atoms with E-state index in [2.05, 4.69) is 36.9 Å². The third-order valence-electron chi connectivity index (χ3n) is 4.47. The molecule has 1 aromatic carbocycles. The van der Waals surface area contributed by atoms with Crippen LogP contribution in [0.5, 0.6) is 0 Å². The van der Waals surface area contributed by atoms with E-state index in [1.54, 1.807) is 0 Å². The number of aryl methyl sites for hydroxylation is 2. The topological polar surface area (TPSA) is 3.24 Å². The first-order valence-corrected chi connectivity index (χ1v) is 8.11. The average Bonchev–Trinajstić information content (AvgIpc) is 2.43.